The summed E-state index contributed by atoms with van der Waals surface area (Å²) in [4.78, 5) is 12.5. The van der Waals surface area contributed by atoms with Crippen LogP contribution in [0.3, 0.4) is 0 Å². The zero-order valence-electron chi connectivity index (χ0n) is 17.3. The molecule has 2 aromatic rings. The van der Waals surface area contributed by atoms with Crippen LogP contribution in [0.2, 0.25) is 0 Å². The standard InChI is InChI=1S/C23H29NO5/c1-16(2)20(17-4-9-21-22(14-17)29-13-12-28-21)15-23(25)24-10-11-27-19-7-5-18(26-3)6-8-19/h4-9,14,16,20H,10-13,15H2,1-3H3,(H,24,25). The van der Waals surface area contributed by atoms with E-state index in [4.69, 9.17) is 18.9 Å². The molecule has 29 heavy (non-hydrogen) atoms. The van der Waals surface area contributed by atoms with Gasteiger partial charge in [0.05, 0.1) is 13.7 Å². The van der Waals surface area contributed by atoms with Gasteiger partial charge in [-0.15, -0.1) is 0 Å². The zero-order valence-corrected chi connectivity index (χ0v) is 17.3. The number of ether oxygens (including phenoxy) is 4. The van der Waals surface area contributed by atoms with E-state index >= 15 is 0 Å². The molecular formula is C23H29NO5. The lowest BCUT2D eigenvalue weighted by Gasteiger charge is -2.24. The maximum absolute atomic E-state index is 12.5. The number of methoxy groups -OCH3 is 1. The minimum Gasteiger partial charge on any atom is -0.497 e. The van der Waals surface area contributed by atoms with Crippen molar-refractivity contribution in [3.8, 4) is 23.0 Å². The number of benzene rings is 2. The lowest BCUT2D eigenvalue weighted by atomic mass is 9.85. The monoisotopic (exact) mass is 399 g/mol. The van der Waals surface area contributed by atoms with Crippen molar-refractivity contribution in [2.24, 2.45) is 5.92 Å². The van der Waals surface area contributed by atoms with E-state index in [9.17, 15) is 4.79 Å². The van der Waals surface area contributed by atoms with Crippen LogP contribution in [-0.4, -0.2) is 39.4 Å². The molecule has 1 atom stereocenters. The molecule has 3 rings (SSSR count). The fourth-order valence-corrected chi connectivity index (χ4v) is 3.33. The Morgan fingerprint density at radius 3 is 2.41 bits per heavy atom. The SMILES string of the molecule is COc1ccc(OCCNC(=O)CC(c2ccc3c(c2)OCCO3)C(C)C)cc1. The number of carbonyl (C=O) groups excluding carboxylic acids is 1. The van der Waals surface area contributed by atoms with Gasteiger partial charge in [-0.1, -0.05) is 19.9 Å². The topological polar surface area (TPSA) is 66.0 Å². The summed E-state index contributed by atoms with van der Waals surface area (Å²) >= 11 is 0. The van der Waals surface area contributed by atoms with Crippen LogP contribution in [0.15, 0.2) is 42.5 Å². The highest BCUT2D eigenvalue weighted by Crippen LogP contribution is 2.36. The number of fused-ring (bicyclic) bond motifs is 1. The minimum absolute atomic E-state index is 0.0110. The quantitative estimate of drug-likeness (QED) is 0.650. The molecule has 0 spiro atoms. The average Bonchev–Trinajstić information content (AvgIpc) is 2.75. The average molecular weight is 399 g/mol. The first-order valence-electron chi connectivity index (χ1n) is 10.00. The van der Waals surface area contributed by atoms with E-state index in [2.05, 4.69) is 19.2 Å². The number of carbonyl (C=O) groups is 1. The largest absolute Gasteiger partial charge is 0.497 e. The van der Waals surface area contributed by atoms with Gasteiger partial charge in [0.2, 0.25) is 5.91 Å². The van der Waals surface area contributed by atoms with E-state index in [1.807, 2.05) is 42.5 Å². The first-order chi connectivity index (χ1) is 14.1. The lowest BCUT2D eigenvalue weighted by molar-refractivity contribution is -0.121. The van der Waals surface area contributed by atoms with Crippen LogP contribution in [0.25, 0.3) is 0 Å². The van der Waals surface area contributed by atoms with Gasteiger partial charge in [0.25, 0.3) is 0 Å². The summed E-state index contributed by atoms with van der Waals surface area (Å²) in [5.74, 6) is 3.49. The highest BCUT2D eigenvalue weighted by atomic mass is 16.6. The summed E-state index contributed by atoms with van der Waals surface area (Å²) in [6, 6.07) is 13.3. The second-order valence-corrected chi connectivity index (χ2v) is 7.33. The molecule has 1 aliphatic heterocycles. The molecule has 2 aromatic carbocycles. The molecule has 0 fully saturated rings. The van der Waals surface area contributed by atoms with Crippen LogP contribution in [-0.2, 0) is 4.79 Å². The third-order valence-corrected chi connectivity index (χ3v) is 4.96. The Morgan fingerprint density at radius 2 is 1.72 bits per heavy atom. The molecule has 1 N–H and O–H groups in total. The van der Waals surface area contributed by atoms with Gasteiger partial charge in [-0.25, -0.2) is 0 Å². The first-order valence-corrected chi connectivity index (χ1v) is 10.00. The molecule has 0 saturated heterocycles. The molecule has 6 nitrogen and oxygen atoms in total. The Labute approximate surface area is 172 Å². The van der Waals surface area contributed by atoms with E-state index in [0.717, 1.165) is 28.6 Å². The molecular weight excluding hydrogens is 370 g/mol. The van der Waals surface area contributed by atoms with Crippen LogP contribution >= 0.6 is 0 Å². The second-order valence-electron chi connectivity index (χ2n) is 7.33. The normalized spacial score (nSPS) is 13.7. The Balaban J connectivity index is 1.49. The summed E-state index contributed by atoms with van der Waals surface area (Å²) in [5, 5.41) is 2.95. The van der Waals surface area contributed by atoms with Crippen LogP contribution in [0.5, 0.6) is 23.0 Å². The molecule has 156 valence electrons. The Bertz CT molecular complexity index is 803. The van der Waals surface area contributed by atoms with Gasteiger partial charge in [0.1, 0.15) is 31.3 Å². The molecule has 0 aliphatic carbocycles. The summed E-state index contributed by atoms with van der Waals surface area (Å²) in [6.45, 7) is 6.24. The molecule has 6 heteroatoms. The van der Waals surface area contributed by atoms with Crippen molar-refractivity contribution < 1.29 is 23.7 Å². The molecule has 1 aliphatic rings. The summed E-state index contributed by atoms with van der Waals surface area (Å²) in [6.07, 6.45) is 0.417. The lowest BCUT2D eigenvalue weighted by Crippen LogP contribution is -2.30. The van der Waals surface area contributed by atoms with Gasteiger partial charge in [-0.05, 0) is 53.8 Å². The van der Waals surface area contributed by atoms with Crippen molar-refractivity contribution in [2.75, 3.05) is 33.5 Å². The third kappa shape index (κ3) is 5.79. The van der Waals surface area contributed by atoms with Gasteiger partial charge in [0, 0.05) is 6.42 Å². The smallest absolute Gasteiger partial charge is 0.220 e. The highest BCUT2D eigenvalue weighted by Gasteiger charge is 2.22. The summed E-state index contributed by atoms with van der Waals surface area (Å²) in [5.41, 5.74) is 1.09. The van der Waals surface area contributed by atoms with E-state index in [1.165, 1.54) is 0 Å². The molecule has 0 aromatic heterocycles. The number of hydrogen-bond acceptors (Lipinski definition) is 5. The van der Waals surface area contributed by atoms with Crippen molar-refractivity contribution in [3.05, 3.63) is 48.0 Å². The van der Waals surface area contributed by atoms with E-state index in [1.54, 1.807) is 7.11 Å². The van der Waals surface area contributed by atoms with E-state index < -0.39 is 0 Å². The van der Waals surface area contributed by atoms with Crippen LogP contribution in [0.4, 0.5) is 0 Å². The fourth-order valence-electron chi connectivity index (χ4n) is 3.33. The van der Waals surface area contributed by atoms with Gasteiger partial charge < -0.3 is 24.3 Å². The predicted molar refractivity (Wildman–Crippen MR) is 111 cm³/mol. The summed E-state index contributed by atoms with van der Waals surface area (Å²) < 4.78 is 22.1. The van der Waals surface area contributed by atoms with Gasteiger partial charge >= 0.3 is 0 Å². The zero-order chi connectivity index (χ0) is 20.6. The van der Waals surface area contributed by atoms with Gasteiger partial charge in [-0.2, -0.15) is 0 Å². The Morgan fingerprint density at radius 1 is 1.03 bits per heavy atom. The molecule has 0 saturated carbocycles. The van der Waals surface area contributed by atoms with Crippen molar-refractivity contribution >= 4 is 5.91 Å². The van der Waals surface area contributed by atoms with Crippen LogP contribution in [0.1, 0.15) is 31.7 Å². The second kappa shape index (κ2) is 10.0. The van der Waals surface area contributed by atoms with Crippen molar-refractivity contribution in [1.29, 1.82) is 0 Å². The fraction of sp³-hybridized carbons (Fsp3) is 0.435. The highest BCUT2D eigenvalue weighted by molar-refractivity contribution is 5.77. The molecule has 0 radical (unpaired) electrons. The maximum Gasteiger partial charge on any atom is 0.220 e. The number of rotatable bonds is 9. The molecule has 1 unspecified atom stereocenters. The maximum atomic E-state index is 12.5. The van der Waals surface area contributed by atoms with Crippen LogP contribution < -0.4 is 24.3 Å². The predicted octanol–water partition coefficient (Wildman–Crippen LogP) is 3.79. The third-order valence-electron chi connectivity index (χ3n) is 4.96. The van der Waals surface area contributed by atoms with Gasteiger partial charge in [0.15, 0.2) is 11.5 Å². The Kier molecular flexibility index (Phi) is 7.22. The van der Waals surface area contributed by atoms with Crippen molar-refractivity contribution in [2.45, 2.75) is 26.2 Å². The number of hydrogen-bond donors (Lipinski definition) is 1. The van der Waals surface area contributed by atoms with Crippen molar-refractivity contribution in [3.63, 3.8) is 0 Å². The van der Waals surface area contributed by atoms with Crippen molar-refractivity contribution in [1.82, 2.24) is 5.32 Å². The van der Waals surface area contributed by atoms with Crippen LogP contribution in [0, 0.1) is 5.92 Å². The van der Waals surface area contributed by atoms with Gasteiger partial charge in [-0.3, -0.25) is 4.79 Å². The van der Waals surface area contributed by atoms with E-state index in [-0.39, 0.29) is 11.8 Å². The molecule has 1 amide bonds. The number of nitrogens with one attached hydrogen (secondary N) is 1. The van der Waals surface area contributed by atoms with E-state index in [0.29, 0.717) is 38.7 Å². The summed E-state index contributed by atoms with van der Waals surface area (Å²) in [7, 11) is 1.63. The Hall–Kier alpha value is -2.89. The minimum atomic E-state index is 0.0110. The molecule has 0 bridgehead atoms. The number of amides is 1. The molecule has 1 heterocycles. The first kappa shape index (κ1) is 20.8.